The van der Waals surface area contributed by atoms with Gasteiger partial charge in [-0.3, -0.25) is 9.59 Å². The molecule has 0 radical (unpaired) electrons. The summed E-state index contributed by atoms with van der Waals surface area (Å²) in [6, 6.07) is 12.0. The van der Waals surface area contributed by atoms with E-state index < -0.39 is 24.7 Å². The van der Waals surface area contributed by atoms with Crippen molar-refractivity contribution in [2.24, 2.45) is 0 Å². The van der Waals surface area contributed by atoms with E-state index in [2.05, 4.69) is 10.6 Å². The summed E-state index contributed by atoms with van der Waals surface area (Å²) in [7, 11) is 0. The second-order valence-electron chi connectivity index (χ2n) is 5.74. The Balaban J connectivity index is 1.90. The van der Waals surface area contributed by atoms with Crippen LogP contribution in [0.5, 0.6) is 0 Å². The van der Waals surface area contributed by atoms with Crippen LogP contribution < -0.4 is 16.0 Å². The molecule has 0 saturated carbocycles. The zero-order valence-electron chi connectivity index (χ0n) is 14.2. The van der Waals surface area contributed by atoms with Crippen LogP contribution in [0.3, 0.4) is 0 Å². The minimum absolute atomic E-state index is 0.313. The average molecular weight is 400 g/mol. The van der Waals surface area contributed by atoms with E-state index >= 15 is 0 Å². The van der Waals surface area contributed by atoms with Crippen molar-refractivity contribution in [3.63, 3.8) is 0 Å². The maximum Gasteiger partial charge on any atom is 0.405 e. The summed E-state index contributed by atoms with van der Waals surface area (Å²) in [5, 5.41) is 7.83. The molecule has 0 heterocycles. The van der Waals surface area contributed by atoms with Crippen molar-refractivity contribution in [1.29, 1.82) is 0 Å². The number of carbonyl (C=O) groups is 2. The van der Waals surface area contributed by atoms with Gasteiger partial charge in [0.2, 0.25) is 5.91 Å². The van der Waals surface area contributed by atoms with Crippen LogP contribution >= 0.6 is 11.6 Å². The summed E-state index contributed by atoms with van der Waals surface area (Å²) < 4.78 is 36.4. The van der Waals surface area contributed by atoms with Crippen LogP contribution in [0.4, 0.5) is 24.5 Å². The molecule has 144 valence electrons. The van der Waals surface area contributed by atoms with Gasteiger partial charge in [-0.1, -0.05) is 11.6 Å². The standard InChI is InChI=1S/C18H17ClF3N3O2/c1-11(16(26)23-10-18(20,21)22)24-14-6-8-15(9-7-14)25-17(27)12-2-4-13(19)5-3-12/h2-9,11,24H,10H2,1H3,(H,23,26)(H,25,27). The molecule has 1 atom stereocenters. The van der Waals surface area contributed by atoms with Gasteiger partial charge >= 0.3 is 6.18 Å². The molecule has 3 N–H and O–H groups in total. The van der Waals surface area contributed by atoms with Gasteiger partial charge in [-0.05, 0) is 55.5 Å². The summed E-state index contributed by atoms with van der Waals surface area (Å²) in [6.07, 6.45) is -4.46. The molecule has 2 aromatic carbocycles. The third kappa shape index (κ3) is 6.82. The first kappa shape index (κ1) is 20.6. The number of anilines is 2. The highest BCUT2D eigenvalue weighted by molar-refractivity contribution is 6.30. The van der Waals surface area contributed by atoms with E-state index in [9.17, 15) is 22.8 Å². The lowest BCUT2D eigenvalue weighted by Gasteiger charge is -2.16. The highest BCUT2D eigenvalue weighted by atomic mass is 35.5. The molecular weight excluding hydrogens is 383 g/mol. The second kappa shape index (κ2) is 8.77. The number of nitrogens with one attached hydrogen (secondary N) is 3. The van der Waals surface area contributed by atoms with E-state index in [0.717, 1.165) is 0 Å². The quantitative estimate of drug-likeness (QED) is 0.685. The first-order valence-corrected chi connectivity index (χ1v) is 8.30. The van der Waals surface area contributed by atoms with Crippen molar-refractivity contribution >= 4 is 34.8 Å². The molecule has 9 heteroatoms. The molecular formula is C18H17ClF3N3O2. The van der Waals surface area contributed by atoms with E-state index in [1.54, 1.807) is 48.5 Å². The van der Waals surface area contributed by atoms with Crippen molar-refractivity contribution in [2.75, 3.05) is 17.2 Å². The van der Waals surface area contributed by atoms with Crippen LogP contribution in [0.1, 0.15) is 17.3 Å². The van der Waals surface area contributed by atoms with Crippen molar-refractivity contribution in [2.45, 2.75) is 19.1 Å². The number of hydrogen-bond acceptors (Lipinski definition) is 3. The van der Waals surface area contributed by atoms with Crippen LogP contribution in [0.15, 0.2) is 48.5 Å². The average Bonchev–Trinajstić information content (AvgIpc) is 2.61. The van der Waals surface area contributed by atoms with E-state index in [1.165, 1.54) is 6.92 Å². The maximum absolute atomic E-state index is 12.1. The van der Waals surface area contributed by atoms with Gasteiger partial charge in [-0.25, -0.2) is 0 Å². The molecule has 0 aromatic heterocycles. The largest absolute Gasteiger partial charge is 0.405 e. The second-order valence-corrected chi connectivity index (χ2v) is 6.17. The summed E-state index contributed by atoms with van der Waals surface area (Å²) in [5.41, 5.74) is 1.49. The van der Waals surface area contributed by atoms with Gasteiger partial charge < -0.3 is 16.0 Å². The third-order valence-corrected chi connectivity index (χ3v) is 3.74. The molecule has 1 unspecified atom stereocenters. The van der Waals surface area contributed by atoms with E-state index in [1.807, 2.05) is 5.32 Å². The van der Waals surface area contributed by atoms with Crippen LogP contribution in [0.2, 0.25) is 5.02 Å². The first-order valence-electron chi connectivity index (χ1n) is 7.92. The number of rotatable bonds is 6. The molecule has 0 bridgehead atoms. The van der Waals surface area contributed by atoms with E-state index in [0.29, 0.717) is 22.0 Å². The molecule has 0 aliphatic carbocycles. The Morgan fingerprint density at radius 1 is 1.00 bits per heavy atom. The lowest BCUT2D eigenvalue weighted by atomic mass is 10.2. The van der Waals surface area contributed by atoms with Crippen LogP contribution in [-0.2, 0) is 4.79 Å². The van der Waals surface area contributed by atoms with Gasteiger partial charge in [0.1, 0.15) is 12.6 Å². The topological polar surface area (TPSA) is 70.2 Å². The maximum atomic E-state index is 12.1. The minimum atomic E-state index is -4.46. The summed E-state index contributed by atoms with van der Waals surface area (Å²) in [6.45, 7) is 0.0649. The molecule has 0 aliphatic heterocycles. The monoisotopic (exact) mass is 399 g/mol. The van der Waals surface area contributed by atoms with Gasteiger partial charge in [0.15, 0.2) is 0 Å². The van der Waals surface area contributed by atoms with Gasteiger partial charge in [0.05, 0.1) is 0 Å². The third-order valence-electron chi connectivity index (χ3n) is 3.49. The molecule has 0 spiro atoms. The fourth-order valence-corrected chi connectivity index (χ4v) is 2.24. The van der Waals surface area contributed by atoms with Gasteiger partial charge in [0, 0.05) is 22.0 Å². The Bertz CT molecular complexity index is 793. The van der Waals surface area contributed by atoms with Crippen molar-refractivity contribution in [3.8, 4) is 0 Å². The van der Waals surface area contributed by atoms with Crippen molar-refractivity contribution < 1.29 is 22.8 Å². The SMILES string of the molecule is CC(Nc1ccc(NC(=O)c2ccc(Cl)cc2)cc1)C(=O)NCC(F)(F)F. The molecule has 5 nitrogen and oxygen atoms in total. The highest BCUT2D eigenvalue weighted by Crippen LogP contribution is 2.17. The Hall–Kier alpha value is -2.74. The molecule has 0 saturated heterocycles. The number of halogens is 4. The Kier molecular flexibility index (Phi) is 6.68. The van der Waals surface area contributed by atoms with Crippen LogP contribution in [0, 0.1) is 0 Å². The number of hydrogen-bond donors (Lipinski definition) is 3. The van der Waals surface area contributed by atoms with Crippen molar-refractivity contribution in [3.05, 3.63) is 59.1 Å². The molecule has 27 heavy (non-hydrogen) atoms. The fraction of sp³-hybridized carbons (Fsp3) is 0.222. The summed E-state index contributed by atoms with van der Waals surface area (Å²) in [4.78, 5) is 23.8. The van der Waals surface area contributed by atoms with Gasteiger partial charge in [-0.15, -0.1) is 0 Å². The Labute approximate surface area is 158 Å². The lowest BCUT2D eigenvalue weighted by molar-refractivity contribution is -0.138. The number of amides is 2. The Morgan fingerprint density at radius 2 is 1.56 bits per heavy atom. The van der Waals surface area contributed by atoms with E-state index in [4.69, 9.17) is 11.6 Å². The molecule has 2 aromatic rings. The van der Waals surface area contributed by atoms with Gasteiger partial charge in [-0.2, -0.15) is 13.2 Å². The van der Waals surface area contributed by atoms with Crippen LogP contribution in [0.25, 0.3) is 0 Å². The van der Waals surface area contributed by atoms with Crippen molar-refractivity contribution in [1.82, 2.24) is 5.32 Å². The summed E-state index contributed by atoms with van der Waals surface area (Å²) in [5.74, 6) is -1.08. The normalized spacial score (nSPS) is 12.2. The zero-order chi connectivity index (χ0) is 20.0. The smallest absolute Gasteiger partial charge is 0.374 e. The van der Waals surface area contributed by atoms with E-state index in [-0.39, 0.29) is 5.91 Å². The highest BCUT2D eigenvalue weighted by Gasteiger charge is 2.28. The molecule has 2 amide bonds. The number of carbonyl (C=O) groups excluding carboxylic acids is 2. The minimum Gasteiger partial charge on any atom is -0.374 e. The zero-order valence-corrected chi connectivity index (χ0v) is 15.0. The summed E-state index contributed by atoms with van der Waals surface area (Å²) >= 11 is 5.78. The predicted octanol–water partition coefficient (Wildman–Crippen LogP) is 4.07. The Morgan fingerprint density at radius 3 is 2.11 bits per heavy atom. The first-order chi connectivity index (χ1) is 12.6. The fourth-order valence-electron chi connectivity index (χ4n) is 2.11. The lowest BCUT2D eigenvalue weighted by Crippen LogP contribution is -2.42. The van der Waals surface area contributed by atoms with Gasteiger partial charge in [0.25, 0.3) is 5.91 Å². The molecule has 2 rings (SSSR count). The number of alkyl halides is 3. The molecule has 0 aliphatic rings. The molecule has 0 fully saturated rings. The predicted molar refractivity (Wildman–Crippen MR) is 98.0 cm³/mol. The number of benzene rings is 2. The van der Waals surface area contributed by atoms with Crippen LogP contribution in [-0.4, -0.2) is 30.6 Å².